The summed E-state index contributed by atoms with van der Waals surface area (Å²) in [5, 5.41) is 24.1. The molecule has 0 aliphatic heterocycles. The number of hydrogen-bond donors (Lipinski definition) is 2. The van der Waals surface area contributed by atoms with E-state index in [9.17, 15) is 15.0 Å². The van der Waals surface area contributed by atoms with E-state index in [-0.39, 0.29) is 24.1 Å². The van der Waals surface area contributed by atoms with Crippen LogP contribution in [0.5, 0.6) is 5.75 Å². The van der Waals surface area contributed by atoms with Crippen LogP contribution in [-0.2, 0) is 0 Å². The molecule has 0 saturated carbocycles. The molecule has 3 rings (SSSR count). The standard InChI is InChI=1S/C23H27N3O3/c1-16(2)17-9-11-19(12-10-17)26-15-21(28)22(24-26)23(29)25(3)20(13-14-27)18-7-5-4-6-8-18/h4-12,15-16,20,27-28H,13-14H2,1-3H3/t20-/m1/s1. The first-order valence-corrected chi connectivity index (χ1v) is 9.74. The number of benzene rings is 2. The van der Waals surface area contributed by atoms with Crippen LogP contribution in [0.25, 0.3) is 5.69 Å². The fourth-order valence-corrected chi connectivity index (χ4v) is 3.35. The molecule has 6 heteroatoms. The largest absolute Gasteiger partial charge is 0.504 e. The Kier molecular flexibility index (Phi) is 6.34. The number of carbonyl (C=O) groups excluding carboxylic acids is 1. The Morgan fingerprint density at radius 1 is 1.07 bits per heavy atom. The molecule has 0 radical (unpaired) electrons. The Morgan fingerprint density at radius 2 is 1.72 bits per heavy atom. The van der Waals surface area contributed by atoms with Gasteiger partial charge in [0.1, 0.15) is 0 Å². The zero-order chi connectivity index (χ0) is 21.0. The highest BCUT2D eigenvalue weighted by molar-refractivity contribution is 5.95. The smallest absolute Gasteiger partial charge is 0.278 e. The van der Waals surface area contributed by atoms with Crippen LogP contribution in [0.15, 0.2) is 60.8 Å². The molecule has 0 bridgehead atoms. The van der Waals surface area contributed by atoms with Crippen molar-refractivity contribution in [1.82, 2.24) is 14.7 Å². The normalized spacial score (nSPS) is 12.2. The van der Waals surface area contributed by atoms with E-state index < -0.39 is 5.91 Å². The van der Waals surface area contributed by atoms with Gasteiger partial charge in [-0.05, 0) is 35.6 Å². The van der Waals surface area contributed by atoms with Crippen LogP contribution in [0.2, 0.25) is 0 Å². The predicted octanol–water partition coefficient (Wildman–Crippen LogP) is 3.90. The third-order valence-electron chi connectivity index (χ3n) is 5.10. The molecular weight excluding hydrogens is 366 g/mol. The van der Waals surface area contributed by atoms with Gasteiger partial charge in [0.2, 0.25) is 0 Å². The molecule has 1 amide bonds. The third kappa shape index (κ3) is 4.49. The summed E-state index contributed by atoms with van der Waals surface area (Å²) in [6.45, 7) is 4.19. The van der Waals surface area contributed by atoms with Crippen molar-refractivity contribution in [1.29, 1.82) is 0 Å². The maximum Gasteiger partial charge on any atom is 0.278 e. The highest BCUT2D eigenvalue weighted by Gasteiger charge is 2.27. The summed E-state index contributed by atoms with van der Waals surface area (Å²) in [6.07, 6.45) is 1.83. The van der Waals surface area contributed by atoms with Gasteiger partial charge in [-0.25, -0.2) is 4.68 Å². The van der Waals surface area contributed by atoms with Gasteiger partial charge in [0.15, 0.2) is 11.4 Å². The molecule has 6 nitrogen and oxygen atoms in total. The van der Waals surface area contributed by atoms with E-state index in [4.69, 9.17) is 0 Å². The maximum atomic E-state index is 13.1. The molecule has 1 aromatic heterocycles. The Balaban J connectivity index is 1.87. The van der Waals surface area contributed by atoms with Crippen LogP contribution in [0.4, 0.5) is 0 Å². The molecule has 152 valence electrons. The lowest BCUT2D eigenvalue weighted by Crippen LogP contribution is -2.32. The Morgan fingerprint density at radius 3 is 2.31 bits per heavy atom. The summed E-state index contributed by atoms with van der Waals surface area (Å²) >= 11 is 0. The summed E-state index contributed by atoms with van der Waals surface area (Å²) in [7, 11) is 1.66. The van der Waals surface area contributed by atoms with Gasteiger partial charge in [0.25, 0.3) is 5.91 Å². The zero-order valence-corrected chi connectivity index (χ0v) is 17.0. The van der Waals surface area contributed by atoms with Crippen molar-refractivity contribution in [2.75, 3.05) is 13.7 Å². The molecule has 1 atom stereocenters. The molecule has 0 aliphatic carbocycles. The van der Waals surface area contributed by atoms with E-state index >= 15 is 0 Å². The molecule has 2 aromatic carbocycles. The van der Waals surface area contributed by atoms with Crippen molar-refractivity contribution in [3.63, 3.8) is 0 Å². The lowest BCUT2D eigenvalue weighted by Gasteiger charge is -2.27. The van der Waals surface area contributed by atoms with Crippen molar-refractivity contribution in [3.8, 4) is 11.4 Å². The number of nitrogens with zero attached hydrogens (tertiary/aromatic N) is 3. The van der Waals surface area contributed by atoms with Crippen LogP contribution in [-0.4, -0.2) is 44.5 Å². The van der Waals surface area contributed by atoms with Gasteiger partial charge in [-0.2, -0.15) is 5.10 Å². The molecule has 0 unspecified atom stereocenters. The molecule has 0 saturated heterocycles. The van der Waals surface area contributed by atoms with Crippen LogP contribution in [0, 0.1) is 0 Å². The van der Waals surface area contributed by atoms with Crippen molar-refractivity contribution < 1.29 is 15.0 Å². The molecule has 29 heavy (non-hydrogen) atoms. The average molecular weight is 393 g/mol. The molecule has 0 aliphatic rings. The molecule has 0 fully saturated rings. The highest BCUT2D eigenvalue weighted by atomic mass is 16.3. The van der Waals surface area contributed by atoms with Gasteiger partial charge in [-0.15, -0.1) is 0 Å². The first-order valence-electron chi connectivity index (χ1n) is 9.74. The lowest BCUT2D eigenvalue weighted by atomic mass is 10.0. The van der Waals surface area contributed by atoms with Gasteiger partial charge in [0, 0.05) is 13.7 Å². The van der Waals surface area contributed by atoms with Gasteiger partial charge < -0.3 is 15.1 Å². The van der Waals surface area contributed by atoms with E-state index in [1.165, 1.54) is 21.3 Å². The minimum absolute atomic E-state index is 0.0145. The highest BCUT2D eigenvalue weighted by Crippen LogP contribution is 2.27. The number of amides is 1. The number of carbonyl (C=O) groups is 1. The summed E-state index contributed by atoms with van der Waals surface area (Å²) in [5.74, 6) is -0.157. The molecule has 3 aromatic rings. The second kappa shape index (κ2) is 8.92. The summed E-state index contributed by atoms with van der Waals surface area (Å²) in [5.41, 5.74) is 2.87. The SMILES string of the molecule is CC(C)c1ccc(-n2cc(O)c(C(=O)N(C)[C@H](CCO)c3ccccc3)n2)cc1. The van der Waals surface area contributed by atoms with E-state index in [1.807, 2.05) is 54.6 Å². The summed E-state index contributed by atoms with van der Waals surface area (Å²) in [6, 6.07) is 17.1. The summed E-state index contributed by atoms with van der Waals surface area (Å²) < 4.78 is 1.50. The zero-order valence-electron chi connectivity index (χ0n) is 17.0. The minimum atomic E-state index is -0.401. The number of rotatable bonds is 7. The Hall–Kier alpha value is -3.12. The second-order valence-corrected chi connectivity index (χ2v) is 7.41. The van der Waals surface area contributed by atoms with E-state index in [0.29, 0.717) is 12.3 Å². The van der Waals surface area contributed by atoms with Crippen molar-refractivity contribution in [2.24, 2.45) is 0 Å². The van der Waals surface area contributed by atoms with Crippen LogP contribution in [0.1, 0.15) is 53.8 Å². The fourth-order valence-electron chi connectivity index (χ4n) is 3.35. The number of aliphatic hydroxyl groups excluding tert-OH is 1. The first kappa shape index (κ1) is 20.6. The maximum absolute atomic E-state index is 13.1. The van der Waals surface area contributed by atoms with Crippen LogP contribution >= 0.6 is 0 Å². The topological polar surface area (TPSA) is 78.6 Å². The van der Waals surface area contributed by atoms with Crippen molar-refractivity contribution in [2.45, 2.75) is 32.2 Å². The first-order chi connectivity index (χ1) is 13.9. The lowest BCUT2D eigenvalue weighted by molar-refractivity contribution is 0.0695. The molecular formula is C23H27N3O3. The Bertz CT molecular complexity index is 949. The van der Waals surface area contributed by atoms with Crippen molar-refractivity contribution >= 4 is 5.91 Å². The average Bonchev–Trinajstić information content (AvgIpc) is 3.13. The number of hydrogen-bond acceptors (Lipinski definition) is 4. The number of aromatic nitrogens is 2. The fraction of sp³-hybridized carbons (Fsp3) is 0.304. The van der Waals surface area contributed by atoms with Gasteiger partial charge in [-0.3, -0.25) is 4.79 Å². The van der Waals surface area contributed by atoms with E-state index in [1.54, 1.807) is 7.05 Å². The molecule has 1 heterocycles. The molecule has 0 spiro atoms. The summed E-state index contributed by atoms with van der Waals surface area (Å²) in [4.78, 5) is 14.6. The Labute approximate surface area is 171 Å². The molecule has 2 N–H and O–H groups in total. The van der Waals surface area contributed by atoms with Crippen molar-refractivity contribution in [3.05, 3.63) is 77.6 Å². The van der Waals surface area contributed by atoms with E-state index in [2.05, 4.69) is 18.9 Å². The second-order valence-electron chi connectivity index (χ2n) is 7.41. The third-order valence-corrected chi connectivity index (χ3v) is 5.10. The monoisotopic (exact) mass is 393 g/mol. The number of aliphatic hydroxyl groups is 1. The van der Waals surface area contributed by atoms with Crippen LogP contribution in [0.3, 0.4) is 0 Å². The number of aromatic hydroxyl groups is 1. The van der Waals surface area contributed by atoms with Crippen LogP contribution < -0.4 is 0 Å². The van der Waals surface area contributed by atoms with Gasteiger partial charge in [-0.1, -0.05) is 56.3 Å². The van der Waals surface area contributed by atoms with Gasteiger partial charge in [0.05, 0.1) is 17.9 Å². The van der Waals surface area contributed by atoms with Gasteiger partial charge >= 0.3 is 0 Å². The van der Waals surface area contributed by atoms with E-state index in [0.717, 1.165) is 11.3 Å². The quantitative estimate of drug-likeness (QED) is 0.638. The minimum Gasteiger partial charge on any atom is -0.504 e. The predicted molar refractivity (Wildman–Crippen MR) is 112 cm³/mol.